The van der Waals surface area contributed by atoms with E-state index in [0.29, 0.717) is 11.3 Å². The lowest BCUT2D eigenvalue weighted by atomic mass is 9.33. The lowest BCUT2D eigenvalue weighted by Gasteiger charge is -2.46. The summed E-state index contributed by atoms with van der Waals surface area (Å²) in [6, 6.07) is 127. The predicted molar refractivity (Wildman–Crippen MR) is 588 cm³/mol. The molecular formula is C130H125BN6. The Balaban J connectivity index is 1.00. The molecule has 0 saturated heterocycles. The normalized spacial score (nSPS) is 13.2. The van der Waals surface area contributed by atoms with Gasteiger partial charge in [-0.25, -0.2) is 4.85 Å². The molecule has 16 aromatic carbocycles. The molecule has 18 aromatic rings. The highest BCUT2D eigenvalue weighted by Crippen LogP contribution is 2.57. The van der Waals surface area contributed by atoms with Crippen molar-refractivity contribution in [1.82, 2.24) is 9.13 Å². The van der Waals surface area contributed by atoms with E-state index in [1.54, 1.807) is 0 Å². The van der Waals surface area contributed by atoms with Crippen molar-refractivity contribution in [1.29, 1.82) is 5.26 Å². The molecule has 0 aliphatic carbocycles. The number of rotatable bonds is 11. The van der Waals surface area contributed by atoms with Crippen molar-refractivity contribution in [2.75, 3.05) is 9.80 Å². The first kappa shape index (κ1) is 90.6. The van der Waals surface area contributed by atoms with Crippen LogP contribution in [0.3, 0.4) is 0 Å². The minimum atomic E-state index is -0.402. The number of hydrogen-bond acceptors (Lipinski definition) is 3. The summed E-state index contributed by atoms with van der Waals surface area (Å²) < 4.78 is 5.13. The number of hydrogen-bond donors (Lipinski definition) is 0. The van der Waals surface area contributed by atoms with Crippen LogP contribution in [-0.4, -0.2) is 15.8 Å². The molecule has 0 atom stereocenters. The molecule has 2 aliphatic rings. The number of benzene rings is 16. The van der Waals surface area contributed by atoms with Crippen LogP contribution in [0.25, 0.3) is 138 Å². The summed E-state index contributed by atoms with van der Waals surface area (Å²) in [6.07, 6.45) is 0. The largest absolute Gasteiger partial charge is 0.310 e. The van der Waals surface area contributed by atoms with Crippen LogP contribution in [-0.2, 0) is 43.3 Å². The highest BCUT2D eigenvalue weighted by molar-refractivity contribution is 7.00. The van der Waals surface area contributed by atoms with Crippen molar-refractivity contribution in [3.05, 3.63) is 383 Å². The Morgan fingerprint density at radius 1 is 0.248 bits per heavy atom. The fourth-order valence-electron chi connectivity index (χ4n) is 21.0. The lowest BCUT2D eigenvalue weighted by molar-refractivity contribution is 0.590. The third-order valence-electron chi connectivity index (χ3n) is 29.2. The summed E-state index contributed by atoms with van der Waals surface area (Å²) in [5.41, 5.74) is 41.3. The van der Waals surface area contributed by atoms with Gasteiger partial charge < -0.3 is 18.9 Å². The minimum absolute atomic E-state index is 0.121. The Bertz CT molecular complexity index is 7210. The molecule has 2 aromatic heterocycles. The van der Waals surface area contributed by atoms with Crippen molar-refractivity contribution >= 4 is 107 Å². The first-order valence-corrected chi connectivity index (χ1v) is 49.0. The van der Waals surface area contributed by atoms with Gasteiger partial charge in [0, 0.05) is 77.9 Å². The highest BCUT2D eigenvalue weighted by Gasteiger charge is 2.47. The average Bonchev–Trinajstić information content (AvgIpc) is 1.53. The summed E-state index contributed by atoms with van der Waals surface area (Å²) >= 11 is 0. The van der Waals surface area contributed by atoms with Crippen molar-refractivity contribution in [3.8, 4) is 95.3 Å². The van der Waals surface area contributed by atoms with Gasteiger partial charge in [0.25, 0.3) is 6.71 Å². The maximum absolute atomic E-state index is 10.5. The molecule has 7 heteroatoms. The maximum atomic E-state index is 10.5. The van der Waals surface area contributed by atoms with E-state index in [9.17, 15) is 5.26 Å². The fourth-order valence-corrected chi connectivity index (χ4v) is 21.0. The average molecular weight is 1780 g/mol. The van der Waals surface area contributed by atoms with Gasteiger partial charge in [-0.2, -0.15) is 5.26 Å². The number of nitrogens with zero attached hydrogens (tertiary/aromatic N) is 6. The second kappa shape index (κ2) is 32.8. The molecule has 2 aliphatic heterocycles. The molecule has 4 heterocycles. The van der Waals surface area contributed by atoms with Crippen molar-refractivity contribution < 1.29 is 0 Å². The maximum Gasteiger partial charge on any atom is 0.252 e. The number of nitriles is 1. The van der Waals surface area contributed by atoms with E-state index in [0.717, 1.165) is 162 Å². The third kappa shape index (κ3) is 16.3. The molecule has 20 rings (SSSR count). The lowest BCUT2D eigenvalue weighted by Crippen LogP contribution is -2.61. The van der Waals surface area contributed by atoms with Gasteiger partial charge in [0.2, 0.25) is 0 Å². The van der Waals surface area contributed by atoms with Gasteiger partial charge in [-0.3, -0.25) is 0 Å². The van der Waals surface area contributed by atoms with Gasteiger partial charge in [0.05, 0.1) is 51.6 Å². The van der Waals surface area contributed by atoms with Crippen LogP contribution in [0.15, 0.2) is 322 Å². The van der Waals surface area contributed by atoms with Crippen LogP contribution >= 0.6 is 0 Å². The Morgan fingerprint density at radius 2 is 0.511 bits per heavy atom. The van der Waals surface area contributed by atoms with E-state index >= 15 is 0 Å². The minimum Gasteiger partial charge on any atom is -0.310 e. The first-order valence-electron chi connectivity index (χ1n) is 49.0. The second-order valence-corrected chi connectivity index (χ2v) is 47.0. The van der Waals surface area contributed by atoms with E-state index < -0.39 is 6.71 Å². The van der Waals surface area contributed by atoms with Gasteiger partial charge in [-0.05, 0) is 281 Å². The summed E-state index contributed by atoms with van der Waals surface area (Å²) in [5.74, 6) is 0. The second-order valence-electron chi connectivity index (χ2n) is 47.0. The van der Waals surface area contributed by atoms with Gasteiger partial charge >= 0.3 is 0 Å². The molecule has 0 unspecified atom stereocenters. The molecule has 678 valence electrons. The van der Waals surface area contributed by atoms with Crippen LogP contribution in [0.2, 0.25) is 0 Å². The Labute approximate surface area is 812 Å². The summed E-state index contributed by atoms with van der Waals surface area (Å²) in [4.78, 5) is 9.42. The third-order valence-corrected chi connectivity index (χ3v) is 29.2. The SMILES string of the molecule is [C-]#[N+]c1ccc(-c2cc(-c3ccc(C(C)(C)C)cc3)c(N3c4cc(-n5c6ccc(C(C)(C)C)cc6c6cc(C(C)(C)C)ccc65)ccc4B4c5ccc(-n6c7ccc(C(C)(C)C)cc7c7cc(C(C)(C)C)ccc76)cc5N(c5c(-c6ccc(C(C)(C)C)cc6)cc(-c6ccc(C#N)cc6)cc5-c5ccc(C(C)(C)C)cc5)c5cc(-c6ccccc6)cc3c54)c(-c3ccc(C(C)(C)C)cc3)c2)cc1. The van der Waals surface area contributed by atoms with Gasteiger partial charge in [0.1, 0.15) is 0 Å². The standard InChI is InChI=1S/C130H125BN6/c1-123(2,3)91-45-35-84(36-46-91)102-67-88(82-33-31-80(79-132)32-34-82)68-103(85-37-47-92(48-38-85)124(4,5)6)121(102)136-116-77-100(134-112-63-53-95(127(13,14)15)73-106(112)107-74-96(128(16,17)18)54-64-113(107)134)59-61-110(116)131-111-62-60-101(135-114-65-55-97(129(19,20)21)75-108(114)109-76-98(130(22,23)24)56-66-115(109)135)78-117(111)137(119-72-90(71-118(136)120(119)131)81-29-27-26-28-30-81)122-104(86-39-49-93(50-40-86)125(7,8)9)69-89(83-43-57-99(133-25)58-44-83)70-105(122)87-41-51-94(52-42-87)126(10,11)12/h26-78H,1-24H3. The van der Waals surface area contributed by atoms with E-state index in [4.69, 9.17) is 6.57 Å². The predicted octanol–water partition coefficient (Wildman–Crippen LogP) is 34.4. The van der Waals surface area contributed by atoms with Gasteiger partial charge in [-0.15, -0.1) is 0 Å². The van der Waals surface area contributed by atoms with Crippen LogP contribution in [0.5, 0.6) is 0 Å². The van der Waals surface area contributed by atoms with E-state index in [1.807, 2.05) is 24.3 Å². The van der Waals surface area contributed by atoms with Crippen molar-refractivity contribution in [2.24, 2.45) is 0 Å². The summed E-state index contributed by atoms with van der Waals surface area (Å²) in [6.45, 7) is 63.6. The zero-order valence-corrected chi connectivity index (χ0v) is 84.4. The Hall–Kier alpha value is -14.2. The molecule has 0 amide bonds. The van der Waals surface area contributed by atoms with E-state index in [-0.39, 0.29) is 43.3 Å². The summed E-state index contributed by atoms with van der Waals surface area (Å²) in [5, 5.41) is 15.4. The smallest absolute Gasteiger partial charge is 0.252 e. The van der Waals surface area contributed by atoms with Crippen molar-refractivity contribution in [2.45, 2.75) is 209 Å². The van der Waals surface area contributed by atoms with E-state index in [2.05, 4.69) is 493 Å². The molecule has 0 N–H and O–H groups in total. The van der Waals surface area contributed by atoms with Crippen LogP contribution in [0.1, 0.15) is 216 Å². The molecule has 0 spiro atoms. The molecule has 137 heavy (non-hydrogen) atoms. The first-order chi connectivity index (χ1) is 64.9. The quantitative estimate of drug-likeness (QED) is 0.0958. The van der Waals surface area contributed by atoms with Crippen molar-refractivity contribution in [3.63, 3.8) is 0 Å². The monoisotopic (exact) mass is 1780 g/mol. The molecule has 0 saturated carbocycles. The van der Waals surface area contributed by atoms with Gasteiger partial charge in [0.15, 0.2) is 5.69 Å². The Kier molecular flexibility index (Phi) is 21.7. The molecule has 0 bridgehead atoms. The fraction of sp³-hybridized carbons (Fsp3) is 0.246. The van der Waals surface area contributed by atoms with Crippen LogP contribution in [0.4, 0.5) is 39.8 Å². The topological polar surface area (TPSA) is 44.5 Å². The zero-order chi connectivity index (χ0) is 96.6. The van der Waals surface area contributed by atoms with Gasteiger partial charge in [-0.1, -0.05) is 366 Å². The molecule has 0 radical (unpaired) electrons. The number of anilines is 6. The number of aromatic nitrogens is 2. The zero-order valence-electron chi connectivity index (χ0n) is 84.4. The molecule has 0 fully saturated rings. The summed E-state index contributed by atoms with van der Waals surface area (Å²) in [7, 11) is 0. The number of fused-ring (bicyclic) bond motifs is 10. The molecule has 6 nitrogen and oxygen atoms in total. The van der Waals surface area contributed by atoms with Crippen LogP contribution in [0, 0.1) is 17.9 Å². The Morgan fingerprint density at radius 3 is 0.788 bits per heavy atom. The molecular weight excluding hydrogens is 1660 g/mol. The van der Waals surface area contributed by atoms with Crippen LogP contribution < -0.4 is 26.2 Å². The van der Waals surface area contributed by atoms with E-state index in [1.165, 1.54) is 66.1 Å². The highest BCUT2D eigenvalue weighted by atomic mass is 15.2.